The smallest absolute Gasteiger partial charge is 0.407 e. The Morgan fingerprint density at radius 1 is 1.00 bits per heavy atom. The Balaban J connectivity index is 1.48. The molecule has 0 radical (unpaired) electrons. The average molecular weight is 779 g/mol. The minimum absolute atomic E-state index is 0.0302. The van der Waals surface area contributed by atoms with Crippen molar-refractivity contribution in [1.82, 2.24) is 9.62 Å². The van der Waals surface area contributed by atoms with Crippen LogP contribution >= 0.6 is 7.60 Å². The molecular formula is C37H51N2O12PS. The Morgan fingerprint density at radius 2 is 1.66 bits per heavy atom. The van der Waals surface area contributed by atoms with Gasteiger partial charge in [-0.25, -0.2) is 13.2 Å². The number of ether oxygens (including phenoxy) is 5. The van der Waals surface area contributed by atoms with Crippen LogP contribution in [0.5, 0.6) is 11.5 Å². The lowest BCUT2D eigenvalue weighted by atomic mass is 10.0. The van der Waals surface area contributed by atoms with E-state index >= 15 is 0 Å². The van der Waals surface area contributed by atoms with Crippen molar-refractivity contribution in [1.29, 1.82) is 0 Å². The molecule has 0 aromatic heterocycles. The fraction of sp³-hybridized carbons (Fsp3) is 0.486. The number of methoxy groups -OCH3 is 1. The second-order valence-electron chi connectivity index (χ2n) is 13.2. The van der Waals surface area contributed by atoms with Gasteiger partial charge >= 0.3 is 13.7 Å². The van der Waals surface area contributed by atoms with Gasteiger partial charge in [0.15, 0.2) is 12.6 Å². The average Bonchev–Trinajstić information content (AvgIpc) is 3.47. The van der Waals surface area contributed by atoms with Crippen molar-refractivity contribution in [3.8, 4) is 11.5 Å². The number of aliphatic hydroxyl groups is 1. The minimum Gasteiger partial charge on any atom is -0.497 e. The van der Waals surface area contributed by atoms with E-state index in [0.717, 1.165) is 5.56 Å². The molecule has 0 saturated carbocycles. The SMILES string of the molecule is CCOC1OC[C@H](OC(=O)N[C@@H](Cc2ccc(OCP(=O)(O)OCc3ccccc3)cc2)[C@H](O)CN(CC(C)C)S(=O)(=O)c2ccc(OC)cc2)C1C. The van der Waals surface area contributed by atoms with Crippen molar-refractivity contribution in [3.63, 3.8) is 0 Å². The third-order valence-corrected chi connectivity index (χ3v) is 11.3. The lowest BCUT2D eigenvalue weighted by molar-refractivity contribution is -0.124. The van der Waals surface area contributed by atoms with Gasteiger partial charge in [0.2, 0.25) is 10.0 Å². The molecule has 0 spiro atoms. The van der Waals surface area contributed by atoms with Crippen LogP contribution in [0.15, 0.2) is 83.8 Å². The first-order chi connectivity index (χ1) is 25.2. The van der Waals surface area contributed by atoms with Crippen LogP contribution in [0.4, 0.5) is 4.79 Å². The Kier molecular flexibility index (Phi) is 15.7. The van der Waals surface area contributed by atoms with E-state index in [1.54, 1.807) is 60.7 Å². The van der Waals surface area contributed by atoms with Crippen LogP contribution in [-0.4, -0.2) is 93.1 Å². The van der Waals surface area contributed by atoms with E-state index in [1.807, 2.05) is 33.8 Å². The maximum absolute atomic E-state index is 13.8. The predicted octanol–water partition coefficient (Wildman–Crippen LogP) is 5.18. The molecule has 53 heavy (non-hydrogen) atoms. The normalized spacial score (nSPS) is 19.8. The van der Waals surface area contributed by atoms with Gasteiger partial charge in [-0.2, -0.15) is 4.31 Å². The van der Waals surface area contributed by atoms with Crippen LogP contribution < -0.4 is 14.8 Å². The molecule has 1 amide bonds. The third-order valence-electron chi connectivity index (χ3n) is 8.50. The summed E-state index contributed by atoms with van der Waals surface area (Å²) in [4.78, 5) is 23.6. The van der Waals surface area contributed by atoms with Crippen molar-refractivity contribution in [2.45, 2.75) is 70.2 Å². The van der Waals surface area contributed by atoms with Gasteiger partial charge in [0, 0.05) is 25.6 Å². The molecular weight excluding hydrogens is 727 g/mol. The summed E-state index contributed by atoms with van der Waals surface area (Å²) in [6, 6.07) is 20.5. The molecule has 16 heteroatoms. The monoisotopic (exact) mass is 778 g/mol. The molecule has 3 N–H and O–H groups in total. The Bertz CT molecular complexity index is 1730. The fourth-order valence-corrected chi connectivity index (χ4v) is 7.97. The molecule has 4 rings (SSSR count). The second-order valence-corrected chi connectivity index (χ2v) is 16.9. The quantitative estimate of drug-likeness (QED) is 0.128. The first-order valence-corrected chi connectivity index (χ1v) is 20.7. The van der Waals surface area contributed by atoms with E-state index in [0.29, 0.717) is 23.7 Å². The highest BCUT2D eigenvalue weighted by Gasteiger charge is 2.38. The lowest BCUT2D eigenvalue weighted by Gasteiger charge is -2.31. The van der Waals surface area contributed by atoms with Crippen molar-refractivity contribution < 1.29 is 56.0 Å². The highest BCUT2D eigenvalue weighted by atomic mass is 32.2. The molecule has 0 aliphatic carbocycles. The maximum Gasteiger partial charge on any atom is 0.407 e. The molecule has 3 unspecified atom stereocenters. The molecule has 3 aromatic carbocycles. The van der Waals surface area contributed by atoms with E-state index in [-0.39, 0.29) is 49.5 Å². The lowest BCUT2D eigenvalue weighted by Crippen LogP contribution is -2.51. The molecule has 292 valence electrons. The summed E-state index contributed by atoms with van der Waals surface area (Å²) in [5.74, 6) is 0.462. The van der Waals surface area contributed by atoms with Gasteiger partial charge in [-0.15, -0.1) is 0 Å². The topological polar surface area (TPSA) is 179 Å². The van der Waals surface area contributed by atoms with Crippen LogP contribution in [-0.2, 0) is 46.4 Å². The zero-order chi connectivity index (χ0) is 38.6. The number of amides is 1. The number of hydrogen-bond donors (Lipinski definition) is 3. The maximum atomic E-state index is 13.8. The van der Waals surface area contributed by atoms with Crippen LogP contribution in [0.2, 0.25) is 0 Å². The van der Waals surface area contributed by atoms with Gasteiger partial charge in [0.25, 0.3) is 0 Å². The first-order valence-electron chi connectivity index (χ1n) is 17.4. The van der Waals surface area contributed by atoms with E-state index in [4.69, 9.17) is 28.2 Å². The number of carbonyl (C=O) groups excluding carboxylic acids is 1. The molecule has 6 atom stereocenters. The number of sulfonamides is 1. The summed E-state index contributed by atoms with van der Waals surface area (Å²) >= 11 is 0. The van der Waals surface area contributed by atoms with E-state index in [9.17, 15) is 27.8 Å². The van der Waals surface area contributed by atoms with Crippen LogP contribution in [0.3, 0.4) is 0 Å². The van der Waals surface area contributed by atoms with E-state index in [1.165, 1.54) is 23.5 Å². The van der Waals surface area contributed by atoms with Crippen LogP contribution in [0, 0.1) is 11.8 Å². The molecule has 1 saturated heterocycles. The zero-order valence-electron chi connectivity index (χ0n) is 30.7. The van der Waals surface area contributed by atoms with Crippen molar-refractivity contribution in [2.24, 2.45) is 11.8 Å². The summed E-state index contributed by atoms with van der Waals surface area (Å²) in [7, 11) is -6.65. The summed E-state index contributed by atoms with van der Waals surface area (Å²) in [5.41, 5.74) is 1.39. The van der Waals surface area contributed by atoms with Crippen LogP contribution in [0.1, 0.15) is 38.8 Å². The van der Waals surface area contributed by atoms with Crippen LogP contribution in [0.25, 0.3) is 0 Å². The van der Waals surface area contributed by atoms with Gasteiger partial charge in [-0.05, 0) is 66.8 Å². The van der Waals surface area contributed by atoms with Gasteiger partial charge in [0.05, 0.1) is 37.4 Å². The molecule has 1 heterocycles. The minimum atomic E-state index is -4.07. The largest absolute Gasteiger partial charge is 0.497 e. The molecule has 3 aromatic rings. The number of alkyl carbamates (subject to hydrolysis) is 1. The fourth-order valence-electron chi connectivity index (χ4n) is 5.61. The Hall–Kier alpha value is -3.53. The summed E-state index contributed by atoms with van der Waals surface area (Å²) < 4.78 is 74.2. The van der Waals surface area contributed by atoms with Gasteiger partial charge < -0.3 is 43.5 Å². The summed E-state index contributed by atoms with van der Waals surface area (Å²) in [6.07, 6.45) is -3.81. The summed E-state index contributed by atoms with van der Waals surface area (Å²) in [5, 5.41) is 14.4. The van der Waals surface area contributed by atoms with Gasteiger partial charge in [-0.1, -0.05) is 63.2 Å². The standard InChI is InChI=1S/C37H51N2O12PS/c1-6-47-36-27(4)35(24-48-36)51-37(41)38-33(34(40)22-39(21-26(2)3)53(44,45)32-18-16-30(46-5)17-19-32)20-28-12-14-31(15-13-28)49-25-52(42,43)50-23-29-10-8-7-9-11-29/h7-19,26-27,33-36,40H,6,20-25H2,1-5H3,(H,38,41)(H,42,43)/t27?,33-,34+,35-,36?/m0/s1. The van der Waals surface area contributed by atoms with Crippen molar-refractivity contribution >= 4 is 23.7 Å². The number of carbonyl (C=O) groups is 1. The molecule has 1 aliphatic heterocycles. The Morgan fingerprint density at radius 3 is 2.28 bits per heavy atom. The number of nitrogens with one attached hydrogen (secondary N) is 1. The molecule has 0 bridgehead atoms. The second kappa shape index (κ2) is 19.7. The zero-order valence-corrected chi connectivity index (χ0v) is 32.4. The van der Waals surface area contributed by atoms with E-state index < -0.39 is 54.6 Å². The van der Waals surface area contributed by atoms with Crippen molar-refractivity contribution in [3.05, 3.63) is 90.0 Å². The molecule has 14 nitrogen and oxygen atoms in total. The molecule has 1 fully saturated rings. The highest BCUT2D eigenvalue weighted by Crippen LogP contribution is 2.43. The third kappa shape index (κ3) is 12.8. The predicted molar refractivity (Wildman–Crippen MR) is 197 cm³/mol. The number of benzene rings is 3. The molecule has 1 aliphatic rings. The Labute approximate surface area is 311 Å². The van der Waals surface area contributed by atoms with Gasteiger partial charge in [0.1, 0.15) is 17.6 Å². The highest BCUT2D eigenvalue weighted by molar-refractivity contribution is 7.89. The number of nitrogens with zero attached hydrogens (tertiary/aromatic N) is 1. The first kappa shape index (κ1) is 42.2. The number of hydrogen-bond acceptors (Lipinski definition) is 11. The van der Waals surface area contributed by atoms with Gasteiger partial charge in [-0.3, -0.25) is 4.57 Å². The van der Waals surface area contributed by atoms with E-state index in [2.05, 4.69) is 5.32 Å². The number of aliphatic hydroxyl groups excluding tert-OH is 1. The summed E-state index contributed by atoms with van der Waals surface area (Å²) in [6.45, 7) is 7.71. The van der Waals surface area contributed by atoms with Crippen molar-refractivity contribution in [2.75, 3.05) is 39.8 Å². The number of rotatable bonds is 20.